The number of aromatic nitrogens is 1. The fourth-order valence-corrected chi connectivity index (χ4v) is 2.90. The van der Waals surface area contributed by atoms with Gasteiger partial charge in [-0.25, -0.2) is 0 Å². The number of primary amides is 1. The molecule has 0 spiro atoms. The SMILES string of the molecule is NC(=O)c1cc(-c2ccc(OCc3cccc(C(F)(F)F)c3)cc2)c(C(F)(F)F)[nH]c1=O. The fourth-order valence-electron chi connectivity index (χ4n) is 2.90. The van der Waals surface area contributed by atoms with Crippen LogP contribution in [0.25, 0.3) is 11.1 Å². The first-order chi connectivity index (χ1) is 14.9. The molecule has 0 radical (unpaired) electrons. The van der Waals surface area contributed by atoms with E-state index in [0.29, 0.717) is 0 Å². The zero-order valence-corrected chi connectivity index (χ0v) is 16.0. The molecule has 0 saturated carbocycles. The van der Waals surface area contributed by atoms with E-state index in [1.54, 1.807) is 4.98 Å². The summed E-state index contributed by atoms with van der Waals surface area (Å²) in [6, 6.07) is 10.4. The first-order valence-electron chi connectivity index (χ1n) is 8.90. The summed E-state index contributed by atoms with van der Waals surface area (Å²) in [5, 5.41) is 0. The number of pyridine rings is 1. The number of rotatable bonds is 5. The van der Waals surface area contributed by atoms with Crippen molar-refractivity contribution in [1.29, 1.82) is 0 Å². The Kier molecular flexibility index (Phi) is 6.02. The minimum atomic E-state index is -4.91. The van der Waals surface area contributed by atoms with Gasteiger partial charge in [-0.1, -0.05) is 24.3 Å². The van der Waals surface area contributed by atoms with Crippen molar-refractivity contribution in [3.8, 4) is 16.9 Å². The first-order valence-corrected chi connectivity index (χ1v) is 8.90. The van der Waals surface area contributed by atoms with Crippen LogP contribution in [0.5, 0.6) is 5.75 Å². The van der Waals surface area contributed by atoms with Crippen LogP contribution in [0, 0.1) is 0 Å². The van der Waals surface area contributed by atoms with Gasteiger partial charge in [0.05, 0.1) is 5.56 Å². The van der Waals surface area contributed by atoms with E-state index in [9.17, 15) is 35.9 Å². The van der Waals surface area contributed by atoms with Crippen LogP contribution in [0.1, 0.15) is 27.2 Å². The highest BCUT2D eigenvalue weighted by atomic mass is 19.4. The Morgan fingerprint density at radius 2 is 1.59 bits per heavy atom. The summed E-state index contributed by atoms with van der Waals surface area (Å²) in [4.78, 5) is 24.7. The van der Waals surface area contributed by atoms with E-state index in [1.807, 2.05) is 0 Å². The number of halogens is 6. The molecule has 2 aromatic carbocycles. The number of aromatic amines is 1. The van der Waals surface area contributed by atoms with Crippen LogP contribution in [-0.2, 0) is 19.0 Å². The largest absolute Gasteiger partial charge is 0.489 e. The molecule has 1 amide bonds. The summed E-state index contributed by atoms with van der Waals surface area (Å²) in [7, 11) is 0. The number of H-pyrrole nitrogens is 1. The molecule has 3 rings (SSSR count). The number of hydrogen-bond acceptors (Lipinski definition) is 3. The molecular formula is C21H14F6N2O3. The van der Waals surface area contributed by atoms with Gasteiger partial charge in [-0.15, -0.1) is 0 Å². The highest BCUT2D eigenvalue weighted by molar-refractivity contribution is 5.94. The Balaban J connectivity index is 1.87. The number of benzene rings is 2. The van der Waals surface area contributed by atoms with Crippen molar-refractivity contribution in [2.24, 2.45) is 5.73 Å². The number of ether oxygens (including phenoxy) is 1. The number of carbonyl (C=O) groups is 1. The van der Waals surface area contributed by atoms with Gasteiger partial charge in [0, 0.05) is 5.56 Å². The third-order valence-corrected chi connectivity index (χ3v) is 4.42. The van der Waals surface area contributed by atoms with Crippen LogP contribution in [0.2, 0.25) is 0 Å². The molecule has 1 heterocycles. The number of carbonyl (C=O) groups excluding carboxylic acids is 1. The molecule has 3 aromatic rings. The monoisotopic (exact) mass is 456 g/mol. The third-order valence-electron chi connectivity index (χ3n) is 4.42. The van der Waals surface area contributed by atoms with Crippen LogP contribution in [-0.4, -0.2) is 10.9 Å². The van der Waals surface area contributed by atoms with Gasteiger partial charge in [0.2, 0.25) is 0 Å². The molecule has 1 aromatic heterocycles. The van der Waals surface area contributed by atoms with Crippen molar-refractivity contribution >= 4 is 5.91 Å². The second-order valence-corrected chi connectivity index (χ2v) is 6.67. The highest BCUT2D eigenvalue weighted by Crippen LogP contribution is 2.36. The topological polar surface area (TPSA) is 85.2 Å². The number of alkyl halides is 6. The Bertz CT molecular complexity index is 1200. The van der Waals surface area contributed by atoms with Crippen LogP contribution < -0.4 is 16.0 Å². The number of nitrogens with two attached hydrogens (primary N) is 1. The van der Waals surface area contributed by atoms with Gasteiger partial charge >= 0.3 is 12.4 Å². The maximum atomic E-state index is 13.4. The molecule has 168 valence electrons. The van der Waals surface area contributed by atoms with Crippen molar-refractivity contribution in [2.75, 3.05) is 0 Å². The van der Waals surface area contributed by atoms with Crippen molar-refractivity contribution in [2.45, 2.75) is 19.0 Å². The Hall–Kier alpha value is -3.76. The molecule has 0 aliphatic carbocycles. The smallest absolute Gasteiger partial charge is 0.431 e. The quantitative estimate of drug-likeness (QED) is 0.543. The average Bonchev–Trinajstić information content (AvgIpc) is 2.71. The number of amides is 1. The first kappa shape index (κ1) is 22.9. The third kappa shape index (κ3) is 5.10. The predicted octanol–water partition coefficient (Wildman–Crippen LogP) is 4.76. The van der Waals surface area contributed by atoms with Gasteiger partial charge in [0.25, 0.3) is 11.5 Å². The summed E-state index contributed by atoms with van der Waals surface area (Å²) < 4.78 is 83.8. The second kappa shape index (κ2) is 8.40. The summed E-state index contributed by atoms with van der Waals surface area (Å²) in [5.41, 5.74) is 0.715. The Morgan fingerprint density at radius 3 is 2.16 bits per heavy atom. The van der Waals surface area contributed by atoms with E-state index < -0.39 is 46.2 Å². The van der Waals surface area contributed by atoms with Crippen molar-refractivity contribution in [3.63, 3.8) is 0 Å². The van der Waals surface area contributed by atoms with E-state index in [-0.39, 0.29) is 23.5 Å². The molecule has 3 N–H and O–H groups in total. The molecule has 0 aliphatic rings. The van der Waals surface area contributed by atoms with E-state index >= 15 is 0 Å². The molecule has 11 heteroatoms. The second-order valence-electron chi connectivity index (χ2n) is 6.67. The zero-order valence-electron chi connectivity index (χ0n) is 16.0. The lowest BCUT2D eigenvalue weighted by molar-refractivity contribution is -0.141. The fraction of sp³-hybridized carbons (Fsp3) is 0.143. The van der Waals surface area contributed by atoms with Crippen LogP contribution >= 0.6 is 0 Å². The van der Waals surface area contributed by atoms with Gasteiger partial charge in [-0.2, -0.15) is 26.3 Å². The maximum Gasteiger partial charge on any atom is 0.431 e. The van der Waals surface area contributed by atoms with Crippen molar-refractivity contribution in [1.82, 2.24) is 4.98 Å². The van der Waals surface area contributed by atoms with Crippen LogP contribution in [0.3, 0.4) is 0 Å². The molecule has 32 heavy (non-hydrogen) atoms. The van der Waals surface area contributed by atoms with Crippen molar-refractivity contribution < 1.29 is 35.9 Å². The molecule has 0 bridgehead atoms. The molecule has 0 aliphatic heterocycles. The average molecular weight is 456 g/mol. The summed E-state index contributed by atoms with van der Waals surface area (Å²) in [6.45, 7) is -0.207. The minimum absolute atomic E-state index is 0.00231. The lowest BCUT2D eigenvalue weighted by atomic mass is 10.0. The number of hydrogen-bond donors (Lipinski definition) is 2. The lowest BCUT2D eigenvalue weighted by Crippen LogP contribution is -2.27. The summed E-state index contributed by atoms with van der Waals surface area (Å²) >= 11 is 0. The number of nitrogens with one attached hydrogen (secondary N) is 1. The molecule has 0 saturated heterocycles. The zero-order chi connectivity index (χ0) is 23.7. The Morgan fingerprint density at radius 1 is 0.938 bits per heavy atom. The van der Waals surface area contributed by atoms with Crippen LogP contribution in [0.15, 0.2) is 59.4 Å². The Labute approximate surface area is 176 Å². The molecule has 5 nitrogen and oxygen atoms in total. The molecule has 0 unspecified atom stereocenters. The highest BCUT2D eigenvalue weighted by Gasteiger charge is 2.36. The molecule has 0 fully saturated rings. The van der Waals surface area contributed by atoms with Gasteiger partial charge in [0.15, 0.2) is 0 Å². The van der Waals surface area contributed by atoms with Gasteiger partial charge in [-0.3, -0.25) is 9.59 Å². The van der Waals surface area contributed by atoms with Gasteiger partial charge < -0.3 is 15.5 Å². The lowest BCUT2D eigenvalue weighted by Gasteiger charge is -2.14. The standard InChI is InChI=1S/C21H14F6N2O3/c22-20(23,24)13-3-1-2-11(8-13)10-32-14-6-4-12(5-7-14)15-9-16(18(28)30)19(31)29-17(15)21(25,26)27/h1-9H,10H2,(H2,28,30)(H,29,31). The maximum absolute atomic E-state index is 13.4. The van der Waals surface area contributed by atoms with Crippen molar-refractivity contribution in [3.05, 3.63) is 87.3 Å². The molecule has 0 atom stereocenters. The normalized spacial score (nSPS) is 11.9. The molecular weight excluding hydrogens is 442 g/mol. The van der Waals surface area contributed by atoms with E-state index in [4.69, 9.17) is 10.5 Å². The van der Waals surface area contributed by atoms with Gasteiger partial charge in [-0.05, 0) is 41.5 Å². The summed E-state index contributed by atoms with van der Waals surface area (Å²) in [6.07, 6.45) is -9.42. The van der Waals surface area contributed by atoms with Gasteiger partial charge in [0.1, 0.15) is 23.6 Å². The predicted molar refractivity (Wildman–Crippen MR) is 102 cm³/mol. The van der Waals surface area contributed by atoms with E-state index in [1.165, 1.54) is 36.4 Å². The van der Waals surface area contributed by atoms with Crippen LogP contribution in [0.4, 0.5) is 26.3 Å². The minimum Gasteiger partial charge on any atom is -0.489 e. The van der Waals surface area contributed by atoms with E-state index in [2.05, 4.69) is 0 Å². The summed E-state index contributed by atoms with van der Waals surface area (Å²) in [5.74, 6) is -1.01. The van der Waals surface area contributed by atoms with E-state index in [0.717, 1.165) is 18.2 Å².